The normalized spacial score (nSPS) is 10.5. The third-order valence-corrected chi connectivity index (χ3v) is 3.35. The molecule has 1 N–H and O–H groups in total. The Morgan fingerprint density at radius 2 is 2.16 bits per heavy atom. The summed E-state index contributed by atoms with van der Waals surface area (Å²) in [6.07, 6.45) is 0. The van der Waals surface area contributed by atoms with Gasteiger partial charge in [0.25, 0.3) is 0 Å². The van der Waals surface area contributed by atoms with E-state index in [1.54, 1.807) is 23.3 Å². The fourth-order valence-corrected chi connectivity index (χ4v) is 2.41. The molecule has 19 heavy (non-hydrogen) atoms. The van der Waals surface area contributed by atoms with E-state index in [-0.39, 0.29) is 11.6 Å². The summed E-state index contributed by atoms with van der Waals surface area (Å²) in [5.74, 6) is -1.11. The highest BCUT2D eigenvalue weighted by molar-refractivity contribution is 7.07. The highest BCUT2D eigenvalue weighted by atomic mass is 32.1. The number of nitrogens with zero attached hydrogens (tertiary/aromatic N) is 2. The Morgan fingerprint density at radius 3 is 2.79 bits per heavy atom. The second-order valence-electron chi connectivity index (χ2n) is 4.14. The molecule has 0 saturated heterocycles. The third kappa shape index (κ3) is 3.20. The van der Waals surface area contributed by atoms with Crippen LogP contribution in [0.3, 0.4) is 0 Å². The van der Waals surface area contributed by atoms with Gasteiger partial charge in [-0.1, -0.05) is 0 Å². The van der Waals surface area contributed by atoms with Crippen LogP contribution in [0.5, 0.6) is 0 Å². The van der Waals surface area contributed by atoms with E-state index >= 15 is 0 Å². The van der Waals surface area contributed by atoms with Crippen molar-refractivity contribution in [2.45, 2.75) is 13.5 Å². The van der Waals surface area contributed by atoms with E-state index < -0.39 is 11.6 Å². The smallest absolute Gasteiger partial charge is 0.168 e. The molecule has 0 aliphatic heterocycles. The Bertz CT molecular complexity index is 543. The first-order chi connectivity index (χ1) is 9.11. The number of thiophene rings is 1. The molecule has 0 bridgehead atoms. The first-order valence-corrected chi connectivity index (χ1v) is 6.88. The van der Waals surface area contributed by atoms with E-state index in [9.17, 15) is 8.78 Å². The van der Waals surface area contributed by atoms with Crippen LogP contribution >= 0.6 is 11.3 Å². The second-order valence-corrected chi connectivity index (χ2v) is 4.92. The summed E-state index contributed by atoms with van der Waals surface area (Å²) in [5, 5.41) is 6.73. The van der Waals surface area contributed by atoms with Crippen LogP contribution in [0.15, 0.2) is 22.9 Å². The maximum absolute atomic E-state index is 13.8. The lowest BCUT2D eigenvalue weighted by Gasteiger charge is -2.19. The molecular weight excluding hydrogens is 268 g/mol. The minimum atomic E-state index is -0.674. The summed E-state index contributed by atoms with van der Waals surface area (Å²) in [7, 11) is 1.73. The Kier molecular flexibility index (Phi) is 4.31. The molecule has 0 aliphatic rings. The van der Waals surface area contributed by atoms with Gasteiger partial charge in [-0.15, -0.1) is 0 Å². The van der Waals surface area contributed by atoms with E-state index in [0.29, 0.717) is 13.1 Å². The zero-order valence-corrected chi connectivity index (χ0v) is 11.6. The van der Waals surface area contributed by atoms with Crippen molar-refractivity contribution in [1.29, 1.82) is 0 Å². The van der Waals surface area contributed by atoms with Crippen molar-refractivity contribution in [2.75, 3.05) is 23.8 Å². The monoisotopic (exact) mass is 283 g/mol. The van der Waals surface area contributed by atoms with Gasteiger partial charge in [-0.05, 0) is 29.3 Å². The maximum Gasteiger partial charge on any atom is 0.168 e. The number of hydrogen-bond acceptors (Lipinski definition) is 4. The number of pyridine rings is 1. The predicted octanol–water partition coefficient (Wildman–Crippen LogP) is 3.49. The molecule has 102 valence electrons. The quantitative estimate of drug-likeness (QED) is 0.910. The number of hydrogen-bond donors (Lipinski definition) is 1. The number of aromatic nitrogens is 1. The topological polar surface area (TPSA) is 28.2 Å². The van der Waals surface area contributed by atoms with Gasteiger partial charge in [-0.3, -0.25) is 0 Å². The SMILES string of the molecule is CCNc1nc(N(C)Cc2ccsc2)c(F)cc1F. The van der Waals surface area contributed by atoms with Crippen molar-refractivity contribution >= 4 is 23.0 Å². The summed E-state index contributed by atoms with van der Waals surface area (Å²) < 4.78 is 27.3. The standard InChI is InChI=1S/C13H15F2N3S/c1-3-16-12-10(14)6-11(15)13(17-12)18(2)7-9-4-5-19-8-9/h4-6,8H,3,7H2,1-2H3,(H,16,17). The molecular formula is C13H15F2N3S. The van der Waals surface area contributed by atoms with Crippen LogP contribution in [0, 0.1) is 11.6 Å². The molecule has 0 unspecified atom stereocenters. The minimum absolute atomic E-state index is 0.0797. The molecule has 0 saturated carbocycles. The number of rotatable bonds is 5. The molecule has 2 rings (SSSR count). The molecule has 2 heterocycles. The van der Waals surface area contributed by atoms with Crippen molar-refractivity contribution in [3.8, 4) is 0 Å². The van der Waals surface area contributed by atoms with E-state index in [1.807, 2.05) is 23.8 Å². The van der Waals surface area contributed by atoms with Crippen LogP contribution in [0.4, 0.5) is 20.4 Å². The molecule has 2 aromatic rings. The Hall–Kier alpha value is -1.69. The maximum atomic E-state index is 13.8. The number of halogens is 2. The van der Waals surface area contributed by atoms with Gasteiger partial charge >= 0.3 is 0 Å². The van der Waals surface area contributed by atoms with Crippen LogP contribution in [-0.4, -0.2) is 18.6 Å². The molecule has 3 nitrogen and oxygen atoms in total. The van der Waals surface area contributed by atoms with Gasteiger partial charge < -0.3 is 10.2 Å². The Balaban J connectivity index is 2.25. The average Bonchev–Trinajstić information content (AvgIpc) is 2.85. The lowest BCUT2D eigenvalue weighted by Crippen LogP contribution is -2.20. The van der Waals surface area contributed by atoms with Gasteiger partial charge in [0.1, 0.15) is 0 Å². The van der Waals surface area contributed by atoms with Crippen molar-refractivity contribution in [1.82, 2.24) is 4.98 Å². The largest absolute Gasteiger partial charge is 0.368 e. The number of anilines is 2. The molecule has 0 fully saturated rings. The lowest BCUT2D eigenvalue weighted by molar-refractivity contribution is 0.572. The van der Waals surface area contributed by atoms with Gasteiger partial charge in [0.05, 0.1) is 0 Å². The van der Waals surface area contributed by atoms with Crippen LogP contribution in [0.1, 0.15) is 12.5 Å². The summed E-state index contributed by atoms with van der Waals surface area (Å²) in [6, 6.07) is 2.83. The van der Waals surface area contributed by atoms with E-state index in [4.69, 9.17) is 0 Å². The molecule has 6 heteroatoms. The predicted molar refractivity (Wildman–Crippen MR) is 74.7 cm³/mol. The summed E-state index contributed by atoms with van der Waals surface area (Å²) in [5.41, 5.74) is 1.07. The fourth-order valence-electron chi connectivity index (χ4n) is 1.75. The second kappa shape index (κ2) is 5.97. The van der Waals surface area contributed by atoms with Gasteiger partial charge in [-0.25, -0.2) is 13.8 Å². The fraction of sp³-hybridized carbons (Fsp3) is 0.308. The highest BCUT2D eigenvalue weighted by Crippen LogP contribution is 2.23. The third-order valence-electron chi connectivity index (χ3n) is 2.62. The molecule has 0 spiro atoms. The first kappa shape index (κ1) is 13.7. The van der Waals surface area contributed by atoms with Crippen LogP contribution in [0.25, 0.3) is 0 Å². The van der Waals surface area contributed by atoms with Gasteiger partial charge in [-0.2, -0.15) is 11.3 Å². The van der Waals surface area contributed by atoms with E-state index in [0.717, 1.165) is 11.6 Å². The Labute approximate surface area is 114 Å². The van der Waals surface area contributed by atoms with Crippen LogP contribution in [-0.2, 0) is 6.54 Å². The average molecular weight is 283 g/mol. The minimum Gasteiger partial charge on any atom is -0.368 e. The zero-order valence-electron chi connectivity index (χ0n) is 10.8. The van der Waals surface area contributed by atoms with Gasteiger partial charge in [0, 0.05) is 26.2 Å². The van der Waals surface area contributed by atoms with E-state index in [2.05, 4.69) is 10.3 Å². The summed E-state index contributed by atoms with van der Waals surface area (Å²) in [4.78, 5) is 5.67. The zero-order chi connectivity index (χ0) is 13.8. The molecule has 0 radical (unpaired) electrons. The molecule has 0 amide bonds. The van der Waals surface area contributed by atoms with Crippen molar-refractivity contribution in [2.24, 2.45) is 0 Å². The molecule has 0 aromatic carbocycles. The highest BCUT2D eigenvalue weighted by Gasteiger charge is 2.15. The summed E-state index contributed by atoms with van der Waals surface area (Å²) >= 11 is 1.58. The van der Waals surface area contributed by atoms with Crippen LogP contribution in [0.2, 0.25) is 0 Å². The van der Waals surface area contributed by atoms with Crippen LogP contribution < -0.4 is 10.2 Å². The van der Waals surface area contributed by atoms with Gasteiger partial charge in [0.2, 0.25) is 0 Å². The van der Waals surface area contributed by atoms with Crippen molar-refractivity contribution < 1.29 is 8.78 Å². The Morgan fingerprint density at radius 1 is 1.37 bits per heavy atom. The van der Waals surface area contributed by atoms with Crippen molar-refractivity contribution in [3.05, 3.63) is 40.1 Å². The molecule has 0 aliphatic carbocycles. The van der Waals surface area contributed by atoms with Crippen molar-refractivity contribution in [3.63, 3.8) is 0 Å². The lowest BCUT2D eigenvalue weighted by atomic mass is 10.3. The van der Waals surface area contributed by atoms with Gasteiger partial charge in [0.15, 0.2) is 23.3 Å². The van der Waals surface area contributed by atoms with E-state index in [1.165, 1.54) is 0 Å². The molecule has 0 atom stereocenters. The molecule has 2 aromatic heterocycles. The number of nitrogens with one attached hydrogen (secondary N) is 1. The first-order valence-electron chi connectivity index (χ1n) is 5.94. The summed E-state index contributed by atoms with van der Waals surface area (Å²) in [6.45, 7) is 2.90.